The van der Waals surface area contributed by atoms with Crippen molar-refractivity contribution in [3.05, 3.63) is 28.2 Å². The number of urea groups is 1. The summed E-state index contributed by atoms with van der Waals surface area (Å²) < 4.78 is 38.3. The Labute approximate surface area is 153 Å². The van der Waals surface area contributed by atoms with Crippen LogP contribution in [0.5, 0.6) is 0 Å². The fraction of sp³-hybridized carbons (Fsp3) is 0.588. The van der Waals surface area contributed by atoms with Crippen molar-refractivity contribution in [2.75, 3.05) is 31.5 Å². The Balaban J connectivity index is 1.58. The molecule has 3 amide bonds. The number of nitrogens with zero attached hydrogens (tertiary/aromatic N) is 2. The third kappa shape index (κ3) is 4.42. The average Bonchev–Trinajstić information content (AvgIpc) is 3.16. The molecule has 0 spiro atoms. The number of aromatic nitrogens is 1. The SMILES string of the molecule is O=C(Nc1cc(C(F)(F)F)c[nH]c1=O)C1CCN(C(=O)N2CCCC2)CC1. The summed E-state index contributed by atoms with van der Waals surface area (Å²) in [5, 5.41) is 2.30. The first-order valence-electron chi connectivity index (χ1n) is 8.90. The molecule has 2 saturated heterocycles. The quantitative estimate of drug-likeness (QED) is 0.818. The number of hydrogen-bond acceptors (Lipinski definition) is 3. The first-order chi connectivity index (χ1) is 12.8. The topological polar surface area (TPSA) is 85.5 Å². The summed E-state index contributed by atoms with van der Waals surface area (Å²) in [4.78, 5) is 41.9. The van der Waals surface area contributed by atoms with E-state index in [2.05, 4.69) is 5.32 Å². The van der Waals surface area contributed by atoms with Crippen LogP contribution in [0.1, 0.15) is 31.2 Å². The van der Waals surface area contributed by atoms with E-state index in [1.54, 1.807) is 9.80 Å². The second kappa shape index (κ2) is 7.61. The summed E-state index contributed by atoms with van der Waals surface area (Å²) in [6.07, 6.45) is -1.25. The first kappa shape index (κ1) is 19.2. The molecule has 7 nitrogen and oxygen atoms in total. The highest BCUT2D eigenvalue weighted by molar-refractivity contribution is 5.92. The molecule has 0 saturated carbocycles. The minimum atomic E-state index is -4.62. The van der Waals surface area contributed by atoms with E-state index in [1.807, 2.05) is 4.98 Å². The van der Waals surface area contributed by atoms with Gasteiger partial charge < -0.3 is 20.1 Å². The number of piperidine rings is 1. The van der Waals surface area contributed by atoms with Crippen molar-refractivity contribution < 1.29 is 22.8 Å². The molecule has 2 aliphatic heterocycles. The number of aromatic amines is 1. The van der Waals surface area contributed by atoms with Gasteiger partial charge in [0.2, 0.25) is 5.91 Å². The number of nitrogens with one attached hydrogen (secondary N) is 2. The summed E-state index contributed by atoms with van der Waals surface area (Å²) in [6, 6.07) is 0.601. The number of alkyl halides is 3. The van der Waals surface area contributed by atoms with Crippen molar-refractivity contribution in [3.8, 4) is 0 Å². The van der Waals surface area contributed by atoms with Gasteiger partial charge in [0.15, 0.2) is 0 Å². The zero-order chi connectivity index (χ0) is 19.6. The van der Waals surface area contributed by atoms with Crippen LogP contribution in [0.3, 0.4) is 0 Å². The van der Waals surface area contributed by atoms with Gasteiger partial charge in [-0.15, -0.1) is 0 Å². The highest BCUT2D eigenvalue weighted by atomic mass is 19.4. The number of amides is 3. The minimum Gasteiger partial charge on any atom is -0.327 e. The lowest BCUT2D eigenvalue weighted by molar-refractivity contribution is -0.137. The van der Waals surface area contributed by atoms with Gasteiger partial charge in [-0.05, 0) is 31.7 Å². The Hall–Kier alpha value is -2.52. The van der Waals surface area contributed by atoms with Crippen LogP contribution >= 0.6 is 0 Å². The zero-order valence-corrected chi connectivity index (χ0v) is 14.6. The monoisotopic (exact) mass is 386 g/mol. The molecule has 2 fully saturated rings. The molecule has 0 radical (unpaired) electrons. The van der Waals surface area contributed by atoms with Gasteiger partial charge in [-0.1, -0.05) is 0 Å². The van der Waals surface area contributed by atoms with Crippen molar-refractivity contribution in [1.29, 1.82) is 0 Å². The van der Waals surface area contributed by atoms with Gasteiger partial charge in [-0.3, -0.25) is 9.59 Å². The molecule has 2 aliphatic rings. The number of halogens is 3. The minimum absolute atomic E-state index is 0.0271. The van der Waals surface area contributed by atoms with Crippen molar-refractivity contribution in [1.82, 2.24) is 14.8 Å². The van der Waals surface area contributed by atoms with Gasteiger partial charge in [-0.25, -0.2) is 4.79 Å². The molecule has 27 heavy (non-hydrogen) atoms. The van der Waals surface area contributed by atoms with Crippen LogP contribution in [0.2, 0.25) is 0 Å². The van der Waals surface area contributed by atoms with Crippen molar-refractivity contribution in [2.24, 2.45) is 5.92 Å². The number of carbonyl (C=O) groups excluding carboxylic acids is 2. The molecule has 1 aromatic heterocycles. The van der Waals surface area contributed by atoms with E-state index < -0.39 is 34.8 Å². The Morgan fingerprint density at radius 3 is 2.26 bits per heavy atom. The van der Waals surface area contributed by atoms with Gasteiger partial charge in [0, 0.05) is 38.3 Å². The van der Waals surface area contributed by atoms with Gasteiger partial charge >= 0.3 is 12.2 Å². The second-order valence-corrected chi connectivity index (χ2v) is 6.86. The average molecular weight is 386 g/mol. The second-order valence-electron chi connectivity index (χ2n) is 6.86. The van der Waals surface area contributed by atoms with E-state index in [9.17, 15) is 27.6 Å². The molecule has 0 bridgehead atoms. The number of rotatable bonds is 2. The van der Waals surface area contributed by atoms with Crippen LogP contribution in [0.15, 0.2) is 17.1 Å². The van der Waals surface area contributed by atoms with Crippen LogP contribution < -0.4 is 10.9 Å². The lowest BCUT2D eigenvalue weighted by Gasteiger charge is -2.34. The van der Waals surface area contributed by atoms with Crippen LogP contribution in [-0.4, -0.2) is 52.9 Å². The predicted octanol–water partition coefficient (Wildman–Crippen LogP) is 2.26. The Bertz CT molecular complexity index is 763. The first-order valence-corrected chi connectivity index (χ1v) is 8.90. The van der Waals surface area contributed by atoms with Gasteiger partial charge in [0.25, 0.3) is 5.56 Å². The molecule has 2 N–H and O–H groups in total. The van der Waals surface area contributed by atoms with E-state index >= 15 is 0 Å². The molecule has 148 valence electrons. The normalized spacial score (nSPS) is 18.6. The van der Waals surface area contributed by atoms with E-state index in [0.29, 0.717) is 38.2 Å². The lowest BCUT2D eigenvalue weighted by Crippen LogP contribution is -2.47. The van der Waals surface area contributed by atoms with Crippen molar-refractivity contribution in [3.63, 3.8) is 0 Å². The Kier molecular flexibility index (Phi) is 5.43. The summed E-state index contributed by atoms with van der Waals surface area (Å²) in [6.45, 7) is 2.31. The van der Waals surface area contributed by atoms with Crippen molar-refractivity contribution in [2.45, 2.75) is 31.9 Å². The smallest absolute Gasteiger partial charge is 0.327 e. The highest BCUT2D eigenvalue weighted by Gasteiger charge is 2.33. The van der Waals surface area contributed by atoms with E-state index in [1.165, 1.54) is 0 Å². The standard InChI is InChI=1S/C17H21F3N4O3/c18-17(19,20)12-9-13(15(26)21-10-12)22-14(25)11-3-7-24(8-4-11)16(27)23-5-1-2-6-23/h9-11H,1-8H2,(H,21,26)(H,22,25). The lowest BCUT2D eigenvalue weighted by atomic mass is 9.96. The maximum atomic E-state index is 12.8. The van der Waals surface area contributed by atoms with E-state index in [0.717, 1.165) is 25.9 Å². The largest absolute Gasteiger partial charge is 0.417 e. The number of carbonyl (C=O) groups is 2. The highest BCUT2D eigenvalue weighted by Crippen LogP contribution is 2.29. The van der Waals surface area contributed by atoms with Crippen LogP contribution in [0, 0.1) is 5.92 Å². The van der Waals surface area contributed by atoms with Crippen molar-refractivity contribution >= 4 is 17.6 Å². The van der Waals surface area contributed by atoms with Crippen LogP contribution in [-0.2, 0) is 11.0 Å². The maximum absolute atomic E-state index is 12.8. The molecule has 0 atom stereocenters. The zero-order valence-electron chi connectivity index (χ0n) is 14.6. The van der Waals surface area contributed by atoms with E-state index in [4.69, 9.17) is 0 Å². The molecule has 0 unspecified atom stereocenters. The summed E-state index contributed by atoms with van der Waals surface area (Å²) >= 11 is 0. The molecular weight excluding hydrogens is 365 g/mol. The summed E-state index contributed by atoms with van der Waals surface area (Å²) in [5.74, 6) is -0.963. The fourth-order valence-corrected chi connectivity index (χ4v) is 3.42. The number of likely N-dealkylation sites (tertiary alicyclic amines) is 2. The number of H-pyrrole nitrogens is 1. The van der Waals surface area contributed by atoms with Gasteiger partial charge in [-0.2, -0.15) is 13.2 Å². The van der Waals surface area contributed by atoms with Crippen LogP contribution in [0.4, 0.5) is 23.7 Å². The summed E-state index contributed by atoms with van der Waals surface area (Å²) in [5.41, 5.74) is -2.26. The predicted molar refractivity (Wildman–Crippen MR) is 91.2 cm³/mol. The third-order valence-corrected chi connectivity index (χ3v) is 5.00. The molecule has 3 rings (SSSR count). The Morgan fingerprint density at radius 1 is 1.07 bits per heavy atom. The van der Waals surface area contributed by atoms with Gasteiger partial charge in [0.05, 0.1) is 5.56 Å². The molecule has 1 aromatic rings. The number of hydrogen-bond donors (Lipinski definition) is 2. The molecule has 0 aromatic carbocycles. The molecule has 3 heterocycles. The summed E-state index contributed by atoms with van der Waals surface area (Å²) in [7, 11) is 0. The fourth-order valence-electron chi connectivity index (χ4n) is 3.42. The molecule has 0 aliphatic carbocycles. The van der Waals surface area contributed by atoms with Crippen LogP contribution in [0.25, 0.3) is 0 Å². The Morgan fingerprint density at radius 2 is 1.67 bits per heavy atom. The molecular formula is C17H21F3N4O3. The third-order valence-electron chi connectivity index (χ3n) is 5.00. The maximum Gasteiger partial charge on any atom is 0.417 e. The number of anilines is 1. The van der Waals surface area contributed by atoms with Gasteiger partial charge in [0.1, 0.15) is 5.69 Å². The molecule has 10 heteroatoms. The van der Waals surface area contributed by atoms with E-state index in [-0.39, 0.29) is 6.03 Å². The number of pyridine rings is 1.